The third-order valence-electron chi connectivity index (χ3n) is 3.18. The van der Waals surface area contributed by atoms with Crippen LogP contribution >= 0.6 is 11.6 Å². The molecule has 1 amide bonds. The number of carbonyl (C=O) groups is 1. The Labute approximate surface area is 106 Å². The number of amides is 1. The van der Waals surface area contributed by atoms with Crippen molar-refractivity contribution in [2.24, 2.45) is 0 Å². The molecule has 92 valence electrons. The van der Waals surface area contributed by atoms with E-state index in [4.69, 9.17) is 11.6 Å². The molecule has 1 saturated heterocycles. The van der Waals surface area contributed by atoms with E-state index in [-0.39, 0.29) is 11.4 Å². The Morgan fingerprint density at radius 3 is 2.76 bits per heavy atom. The lowest BCUT2D eigenvalue weighted by molar-refractivity contribution is 0.0641. The third-order valence-corrected chi connectivity index (χ3v) is 3.41. The number of aliphatic hydroxyl groups excluding tert-OH is 1. The number of likely N-dealkylation sites (tertiary alicyclic amines) is 1. The van der Waals surface area contributed by atoms with Crippen LogP contribution in [-0.4, -0.2) is 34.1 Å². The minimum Gasteiger partial charge on any atom is -0.391 e. The van der Waals surface area contributed by atoms with Crippen LogP contribution in [0.5, 0.6) is 0 Å². The van der Waals surface area contributed by atoms with Gasteiger partial charge in [-0.3, -0.25) is 4.79 Å². The maximum Gasteiger partial charge on any atom is 0.254 e. The van der Waals surface area contributed by atoms with Gasteiger partial charge in [-0.25, -0.2) is 0 Å². The number of carbonyl (C=O) groups excluding carboxylic acids is 1. The molecule has 1 aliphatic rings. The summed E-state index contributed by atoms with van der Waals surface area (Å²) in [5.74, 6) is -0.0750. The molecule has 0 aromatic heterocycles. The Kier molecular flexibility index (Phi) is 3.15. The van der Waals surface area contributed by atoms with Gasteiger partial charge in [-0.15, -0.1) is 0 Å². The van der Waals surface area contributed by atoms with E-state index in [1.165, 1.54) is 0 Å². The second-order valence-corrected chi connectivity index (χ2v) is 5.53. The van der Waals surface area contributed by atoms with E-state index in [0.29, 0.717) is 23.6 Å². The van der Waals surface area contributed by atoms with Crippen molar-refractivity contribution in [1.29, 1.82) is 0 Å². The first kappa shape index (κ1) is 12.4. The van der Waals surface area contributed by atoms with Crippen LogP contribution in [0.15, 0.2) is 24.3 Å². The zero-order chi connectivity index (χ0) is 12.6. The number of nitrogens with zero attached hydrogens (tertiary/aromatic N) is 1. The maximum atomic E-state index is 12.3. The van der Waals surface area contributed by atoms with Crippen molar-refractivity contribution in [2.75, 3.05) is 6.54 Å². The molecule has 1 aromatic carbocycles. The molecule has 0 spiro atoms. The molecule has 1 fully saturated rings. The van der Waals surface area contributed by atoms with Gasteiger partial charge in [0.25, 0.3) is 5.91 Å². The van der Waals surface area contributed by atoms with Crippen molar-refractivity contribution in [2.45, 2.75) is 31.9 Å². The average molecular weight is 254 g/mol. The minimum atomic E-state index is -0.437. The first-order valence-electron chi connectivity index (χ1n) is 5.66. The fourth-order valence-corrected chi connectivity index (χ4v) is 2.53. The summed E-state index contributed by atoms with van der Waals surface area (Å²) < 4.78 is 0. The number of aliphatic hydroxyl groups is 1. The number of halogens is 1. The molecule has 0 radical (unpaired) electrons. The molecule has 17 heavy (non-hydrogen) atoms. The van der Waals surface area contributed by atoms with Gasteiger partial charge in [-0.2, -0.15) is 0 Å². The van der Waals surface area contributed by atoms with Gasteiger partial charge in [0.1, 0.15) is 0 Å². The lowest BCUT2D eigenvalue weighted by atomic mass is 10.0. The van der Waals surface area contributed by atoms with Crippen LogP contribution in [0.4, 0.5) is 0 Å². The first-order valence-corrected chi connectivity index (χ1v) is 6.03. The summed E-state index contributed by atoms with van der Waals surface area (Å²) in [5, 5.41) is 10.2. The van der Waals surface area contributed by atoms with Crippen LogP contribution in [0.3, 0.4) is 0 Å². The molecule has 4 heteroatoms. The minimum absolute atomic E-state index is 0.0750. The molecule has 0 saturated carbocycles. The summed E-state index contributed by atoms with van der Waals surface area (Å²) in [5.41, 5.74) is 0.262. The van der Waals surface area contributed by atoms with Crippen LogP contribution in [-0.2, 0) is 0 Å². The SMILES string of the molecule is CC1(C)CC(O)CN1C(=O)c1cccc(Cl)c1. The van der Waals surface area contributed by atoms with Crippen LogP contribution in [0.2, 0.25) is 5.02 Å². The van der Waals surface area contributed by atoms with Crippen LogP contribution in [0.1, 0.15) is 30.6 Å². The zero-order valence-electron chi connectivity index (χ0n) is 9.98. The highest BCUT2D eigenvalue weighted by atomic mass is 35.5. The lowest BCUT2D eigenvalue weighted by Gasteiger charge is -2.31. The first-order chi connectivity index (χ1) is 7.90. The second kappa shape index (κ2) is 4.31. The largest absolute Gasteiger partial charge is 0.391 e. The van der Waals surface area contributed by atoms with Gasteiger partial charge in [0.05, 0.1) is 6.10 Å². The summed E-state index contributed by atoms with van der Waals surface area (Å²) in [6.45, 7) is 4.32. The third kappa shape index (κ3) is 2.45. The van der Waals surface area contributed by atoms with E-state index in [9.17, 15) is 9.90 Å². The van der Waals surface area contributed by atoms with Gasteiger partial charge in [-0.05, 0) is 38.5 Å². The summed E-state index contributed by atoms with van der Waals surface area (Å²) in [4.78, 5) is 14.0. The van der Waals surface area contributed by atoms with Gasteiger partial charge in [0.2, 0.25) is 0 Å². The monoisotopic (exact) mass is 253 g/mol. The van der Waals surface area contributed by atoms with Crippen molar-refractivity contribution in [3.63, 3.8) is 0 Å². The molecule has 3 nitrogen and oxygen atoms in total. The standard InChI is InChI=1S/C13H16ClNO2/c1-13(2)7-11(16)8-15(13)12(17)9-4-3-5-10(14)6-9/h3-6,11,16H,7-8H2,1-2H3. The van der Waals surface area contributed by atoms with Crippen LogP contribution < -0.4 is 0 Å². The smallest absolute Gasteiger partial charge is 0.254 e. The molecule has 1 unspecified atom stereocenters. The van der Waals surface area contributed by atoms with Gasteiger partial charge in [0, 0.05) is 22.7 Å². The number of rotatable bonds is 1. The maximum absolute atomic E-state index is 12.3. The van der Waals surface area contributed by atoms with Crippen LogP contribution in [0.25, 0.3) is 0 Å². The molecule has 1 aliphatic heterocycles. The van der Waals surface area contributed by atoms with E-state index in [1.807, 2.05) is 13.8 Å². The molecule has 1 heterocycles. The summed E-state index contributed by atoms with van der Waals surface area (Å²) in [6, 6.07) is 6.90. The average Bonchev–Trinajstić information content (AvgIpc) is 2.51. The number of hydrogen-bond donors (Lipinski definition) is 1. The van der Waals surface area contributed by atoms with E-state index < -0.39 is 6.10 Å². The fourth-order valence-electron chi connectivity index (χ4n) is 2.34. The second-order valence-electron chi connectivity index (χ2n) is 5.10. The topological polar surface area (TPSA) is 40.5 Å². The molecule has 1 aromatic rings. The van der Waals surface area contributed by atoms with Crippen LogP contribution in [0, 0.1) is 0 Å². The lowest BCUT2D eigenvalue weighted by Crippen LogP contribution is -2.42. The van der Waals surface area contributed by atoms with Crippen molar-refractivity contribution in [3.05, 3.63) is 34.9 Å². The van der Waals surface area contributed by atoms with Gasteiger partial charge < -0.3 is 10.0 Å². The summed E-state index contributed by atoms with van der Waals surface area (Å²) in [6.07, 6.45) is 0.174. The van der Waals surface area contributed by atoms with Crippen molar-refractivity contribution in [1.82, 2.24) is 4.90 Å². The molecule has 0 aliphatic carbocycles. The molecule has 1 N–H and O–H groups in total. The Morgan fingerprint density at radius 1 is 1.53 bits per heavy atom. The van der Waals surface area contributed by atoms with Crippen molar-refractivity contribution in [3.8, 4) is 0 Å². The Hall–Kier alpha value is -1.06. The highest BCUT2D eigenvalue weighted by Gasteiger charge is 2.40. The van der Waals surface area contributed by atoms with E-state index in [2.05, 4.69) is 0 Å². The molecule has 1 atom stereocenters. The Bertz CT molecular complexity index is 445. The number of benzene rings is 1. The highest BCUT2D eigenvalue weighted by Crippen LogP contribution is 2.30. The normalized spacial score (nSPS) is 22.8. The van der Waals surface area contributed by atoms with E-state index >= 15 is 0 Å². The fraction of sp³-hybridized carbons (Fsp3) is 0.462. The van der Waals surface area contributed by atoms with E-state index in [1.54, 1.807) is 29.2 Å². The highest BCUT2D eigenvalue weighted by molar-refractivity contribution is 6.30. The van der Waals surface area contributed by atoms with Gasteiger partial charge in [0.15, 0.2) is 0 Å². The predicted octanol–water partition coefficient (Wildman–Crippen LogP) is 2.33. The summed E-state index contributed by atoms with van der Waals surface area (Å²) in [7, 11) is 0. The molecular weight excluding hydrogens is 238 g/mol. The number of hydrogen-bond acceptors (Lipinski definition) is 2. The molecular formula is C13H16ClNO2. The van der Waals surface area contributed by atoms with E-state index in [0.717, 1.165) is 0 Å². The summed E-state index contributed by atoms with van der Waals surface area (Å²) >= 11 is 5.88. The Morgan fingerprint density at radius 2 is 2.24 bits per heavy atom. The molecule has 0 bridgehead atoms. The molecule has 2 rings (SSSR count). The zero-order valence-corrected chi connectivity index (χ0v) is 10.7. The number of β-amino-alcohol motifs (C(OH)–C–C–N with tert-alkyl or cyclic N) is 1. The Balaban J connectivity index is 2.26. The van der Waals surface area contributed by atoms with Gasteiger partial charge >= 0.3 is 0 Å². The van der Waals surface area contributed by atoms with Crippen molar-refractivity contribution < 1.29 is 9.90 Å². The quantitative estimate of drug-likeness (QED) is 0.835. The predicted molar refractivity (Wildman–Crippen MR) is 67.2 cm³/mol. The van der Waals surface area contributed by atoms with Gasteiger partial charge in [-0.1, -0.05) is 17.7 Å². The van der Waals surface area contributed by atoms with Crippen molar-refractivity contribution >= 4 is 17.5 Å².